The first-order valence-electron chi connectivity index (χ1n) is 10.7. The van der Waals surface area contributed by atoms with E-state index >= 15 is 0 Å². The van der Waals surface area contributed by atoms with E-state index in [1.165, 1.54) is 47.2 Å². The number of nitrogens with zero attached hydrogens (tertiary/aromatic N) is 4. The third kappa shape index (κ3) is 4.09. The van der Waals surface area contributed by atoms with Gasteiger partial charge in [-0.15, -0.1) is 0 Å². The number of ether oxygens (including phenoxy) is 1. The standard InChI is InChI=1S/C23H28N4OS/c1-26-11-13-27(14-12-26)21-8-4-7-17-9-10-19(15-20(17)21)28-16-22-24-23(29-25-22)18-5-2-3-6-18/h4,7-10,15,18H,2-3,5-6,11-14,16H2,1H3. The average Bonchev–Trinajstić information content (AvgIpc) is 3.44. The summed E-state index contributed by atoms with van der Waals surface area (Å²) in [5.74, 6) is 2.31. The van der Waals surface area contributed by atoms with Gasteiger partial charge in [0.25, 0.3) is 0 Å². The van der Waals surface area contributed by atoms with Gasteiger partial charge < -0.3 is 14.5 Å². The molecule has 0 radical (unpaired) electrons. The van der Waals surface area contributed by atoms with Crippen LogP contribution in [0.4, 0.5) is 5.69 Å². The summed E-state index contributed by atoms with van der Waals surface area (Å²) in [5, 5.41) is 3.70. The number of rotatable bonds is 5. The first-order valence-corrected chi connectivity index (χ1v) is 11.5. The lowest BCUT2D eigenvalue weighted by molar-refractivity contribution is 0.297. The molecule has 3 aromatic rings. The molecular formula is C23H28N4OS. The number of piperazine rings is 1. The van der Waals surface area contributed by atoms with Crippen molar-refractivity contribution in [1.82, 2.24) is 14.3 Å². The van der Waals surface area contributed by atoms with Gasteiger partial charge >= 0.3 is 0 Å². The van der Waals surface area contributed by atoms with Crippen LogP contribution < -0.4 is 9.64 Å². The monoisotopic (exact) mass is 408 g/mol. The molecule has 0 N–H and O–H groups in total. The zero-order valence-electron chi connectivity index (χ0n) is 17.0. The van der Waals surface area contributed by atoms with Gasteiger partial charge in [-0.3, -0.25) is 0 Å². The lowest BCUT2D eigenvalue weighted by Gasteiger charge is -2.34. The summed E-state index contributed by atoms with van der Waals surface area (Å²) < 4.78 is 10.6. The molecule has 2 aromatic carbocycles. The van der Waals surface area contributed by atoms with E-state index in [9.17, 15) is 0 Å². The Balaban J connectivity index is 1.32. The predicted octanol–water partition coefficient (Wildman–Crippen LogP) is 4.68. The molecule has 1 saturated heterocycles. The second-order valence-electron chi connectivity index (χ2n) is 8.27. The van der Waals surface area contributed by atoms with Gasteiger partial charge in [-0.2, -0.15) is 4.37 Å². The topological polar surface area (TPSA) is 41.5 Å². The number of aromatic nitrogens is 2. The molecule has 0 spiro atoms. The van der Waals surface area contributed by atoms with Crippen LogP contribution in [0.5, 0.6) is 5.75 Å². The number of benzene rings is 2. The zero-order valence-corrected chi connectivity index (χ0v) is 17.8. The summed E-state index contributed by atoms with van der Waals surface area (Å²) in [6.45, 7) is 4.77. The minimum atomic E-state index is 0.436. The SMILES string of the molecule is CN1CCN(c2cccc3ccc(OCc4nsc(C5CCCC5)n4)cc23)CC1. The van der Waals surface area contributed by atoms with E-state index in [1.54, 1.807) is 11.5 Å². The van der Waals surface area contributed by atoms with E-state index in [0.717, 1.165) is 37.8 Å². The molecule has 2 aliphatic rings. The molecule has 1 aromatic heterocycles. The lowest BCUT2D eigenvalue weighted by Crippen LogP contribution is -2.44. The van der Waals surface area contributed by atoms with Gasteiger partial charge in [-0.05, 0) is 55.0 Å². The van der Waals surface area contributed by atoms with Crippen LogP contribution in [0.3, 0.4) is 0 Å². The van der Waals surface area contributed by atoms with Crippen LogP contribution in [0.2, 0.25) is 0 Å². The highest BCUT2D eigenvalue weighted by Gasteiger charge is 2.21. The molecule has 2 fully saturated rings. The quantitative estimate of drug-likeness (QED) is 0.613. The maximum atomic E-state index is 6.09. The van der Waals surface area contributed by atoms with Crippen LogP contribution in [0, 0.1) is 0 Å². The average molecular weight is 409 g/mol. The molecule has 0 unspecified atom stereocenters. The van der Waals surface area contributed by atoms with Crippen LogP contribution in [0.15, 0.2) is 36.4 Å². The summed E-state index contributed by atoms with van der Waals surface area (Å²) in [6.07, 6.45) is 5.16. The van der Waals surface area contributed by atoms with Crippen molar-refractivity contribution in [1.29, 1.82) is 0 Å². The van der Waals surface area contributed by atoms with Crippen molar-refractivity contribution in [3.63, 3.8) is 0 Å². The number of anilines is 1. The van der Waals surface area contributed by atoms with Gasteiger partial charge in [0.15, 0.2) is 5.82 Å². The normalized spacial score (nSPS) is 18.6. The molecule has 152 valence electrons. The Kier molecular flexibility index (Phi) is 5.38. The van der Waals surface area contributed by atoms with Crippen LogP contribution in [-0.2, 0) is 6.61 Å². The first-order chi connectivity index (χ1) is 14.3. The second kappa shape index (κ2) is 8.28. The molecule has 0 atom stereocenters. The highest BCUT2D eigenvalue weighted by molar-refractivity contribution is 7.05. The van der Waals surface area contributed by atoms with E-state index in [1.807, 2.05) is 0 Å². The molecule has 0 bridgehead atoms. The zero-order chi connectivity index (χ0) is 19.6. The van der Waals surface area contributed by atoms with E-state index in [2.05, 4.69) is 57.6 Å². The molecule has 5 nitrogen and oxygen atoms in total. The first kappa shape index (κ1) is 18.8. The van der Waals surface area contributed by atoms with Gasteiger partial charge in [0.05, 0.1) is 0 Å². The third-order valence-corrected chi connectivity index (χ3v) is 7.14. The second-order valence-corrected chi connectivity index (χ2v) is 9.05. The highest BCUT2D eigenvalue weighted by Crippen LogP contribution is 2.35. The molecule has 1 saturated carbocycles. The number of hydrogen-bond donors (Lipinski definition) is 0. The Hall–Kier alpha value is -2.18. The maximum Gasteiger partial charge on any atom is 0.180 e. The highest BCUT2D eigenvalue weighted by atomic mass is 32.1. The van der Waals surface area contributed by atoms with Gasteiger partial charge in [0, 0.05) is 43.2 Å². The van der Waals surface area contributed by atoms with Crippen LogP contribution in [-0.4, -0.2) is 47.5 Å². The van der Waals surface area contributed by atoms with Crippen molar-refractivity contribution in [2.24, 2.45) is 0 Å². The molecular weight excluding hydrogens is 380 g/mol. The largest absolute Gasteiger partial charge is 0.486 e. The van der Waals surface area contributed by atoms with Crippen LogP contribution in [0.1, 0.15) is 42.4 Å². The molecule has 5 rings (SSSR count). The lowest BCUT2D eigenvalue weighted by atomic mass is 10.1. The van der Waals surface area contributed by atoms with E-state index < -0.39 is 0 Å². The molecule has 0 amide bonds. The number of fused-ring (bicyclic) bond motifs is 1. The Morgan fingerprint density at radius 3 is 2.72 bits per heavy atom. The van der Waals surface area contributed by atoms with E-state index in [4.69, 9.17) is 9.72 Å². The third-order valence-electron chi connectivity index (χ3n) is 6.23. The van der Waals surface area contributed by atoms with Gasteiger partial charge in [-0.25, -0.2) is 4.98 Å². The van der Waals surface area contributed by atoms with E-state index in [0.29, 0.717) is 12.5 Å². The van der Waals surface area contributed by atoms with Crippen molar-refractivity contribution in [2.45, 2.75) is 38.2 Å². The molecule has 6 heteroatoms. The van der Waals surface area contributed by atoms with Crippen molar-refractivity contribution >= 4 is 28.0 Å². The van der Waals surface area contributed by atoms with Gasteiger partial charge in [0.2, 0.25) is 0 Å². The van der Waals surface area contributed by atoms with Crippen molar-refractivity contribution in [2.75, 3.05) is 38.1 Å². The Morgan fingerprint density at radius 2 is 1.90 bits per heavy atom. The molecule has 1 aliphatic heterocycles. The Labute approximate surface area is 176 Å². The molecule has 29 heavy (non-hydrogen) atoms. The van der Waals surface area contributed by atoms with Gasteiger partial charge in [-0.1, -0.05) is 31.0 Å². The Bertz CT molecular complexity index is 974. The number of likely N-dealkylation sites (N-methyl/N-ethyl adjacent to an activating group) is 1. The number of hydrogen-bond acceptors (Lipinski definition) is 6. The maximum absolute atomic E-state index is 6.09. The minimum Gasteiger partial charge on any atom is -0.486 e. The fourth-order valence-electron chi connectivity index (χ4n) is 4.46. The predicted molar refractivity (Wildman–Crippen MR) is 119 cm³/mol. The minimum absolute atomic E-state index is 0.436. The summed E-state index contributed by atoms with van der Waals surface area (Å²) in [6, 6.07) is 12.9. The van der Waals surface area contributed by atoms with E-state index in [-0.39, 0.29) is 0 Å². The summed E-state index contributed by atoms with van der Waals surface area (Å²) in [4.78, 5) is 9.61. The van der Waals surface area contributed by atoms with Crippen LogP contribution >= 0.6 is 11.5 Å². The van der Waals surface area contributed by atoms with Crippen LogP contribution in [0.25, 0.3) is 10.8 Å². The molecule has 2 heterocycles. The summed E-state index contributed by atoms with van der Waals surface area (Å²) >= 11 is 1.55. The van der Waals surface area contributed by atoms with Gasteiger partial charge in [0.1, 0.15) is 17.4 Å². The summed E-state index contributed by atoms with van der Waals surface area (Å²) in [5.41, 5.74) is 1.30. The fraction of sp³-hybridized carbons (Fsp3) is 0.478. The van der Waals surface area contributed by atoms with Crippen molar-refractivity contribution < 1.29 is 4.74 Å². The van der Waals surface area contributed by atoms with Crippen molar-refractivity contribution in [3.8, 4) is 5.75 Å². The summed E-state index contributed by atoms with van der Waals surface area (Å²) in [7, 11) is 2.19. The molecule has 1 aliphatic carbocycles. The van der Waals surface area contributed by atoms with Crippen molar-refractivity contribution in [3.05, 3.63) is 47.2 Å². The fourth-order valence-corrected chi connectivity index (χ4v) is 5.28. The Morgan fingerprint density at radius 1 is 1.07 bits per heavy atom. The smallest absolute Gasteiger partial charge is 0.180 e.